The Morgan fingerprint density at radius 2 is 2.20 bits per heavy atom. The Kier molecular flexibility index (Phi) is 4.55. The Morgan fingerprint density at radius 3 is 2.60 bits per heavy atom. The zero-order valence-corrected chi connectivity index (χ0v) is 8.07. The number of anilines is 1. The third kappa shape index (κ3) is 2.62. The summed E-state index contributed by atoms with van der Waals surface area (Å²) in [4.78, 5) is 0. The standard InChI is InChI=1S/C5H9N3S.BrH/c1-2-3-4-7-8-5(6)9-4;/h2-3H2,1H3,(H2,6,8);1H/p-1. The van der Waals surface area contributed by atoms with Gasteiger partial charge in [-0.05, 0) is 6.42 Å². The minimum absolute atomic E-state index is 0. The summed E-state index contributed by atoms with van der Waals surface area (Å²) < 4.78 is 0. The Bertz CT molecular complexity index is 189. The molecule has 2 N–H and O–H groups in total. The number of nitrogens with zero attached hydrogens (tertiary/aromatic N) is 2. The van der Waals surface area contributed by atoms with Crippen molar-refractivity contribution in [3.8, 4) is 0 Å². The summed E-state index contributed by atoms with van der Waals surface area (Å²) in [5.74, 6) is 0. The molecule has 0 unspecified atom stereocenters. The van der Waals surface area contributed by atoms with Gasteiger partial charge in [-0.2, -0.15) is 0 Å². The van der Waals surface area contributed by atoms with Crippen LogP contribution in [0.2, 0.25) is 0 Å². The number of nitrogens with two attached hydrogens (primary N) is 1. The predicted molar refractivity (Wildman–Crippen MR) is 38.3 cm³/mol. The summed E-state index contributed by atoms with van der Waals surface area (Å²) in [5, 5.41) is 9.14. The van der Waals surface area contributed by atoms with Crippen molar-refractivity contribution in [3.63, 3.8) is 0 Å². The third-order valence-electron chi connectivity index (χ3n) is 0.946. The van der Waals surface area contributed by atoms with Gasteiger partial charge in [0.1, 0.15) is 5.01 Å². The average Bonchev–Trinajstić information content (AvgIpc) is 2.17. The van der Waals surface area contributed by atoms with Crippen molar-refractivity contribution < 1.29 is 17.0 Å². The monoisotopic (exact) mass is 222 g/mol. The van der Waals surface area contributed by atoms with Crippen molar-refractivity contribution in [3.05, 3.63) is 5.01 Å². The molecule has 5 heteroatoms. The molecule has 1 aromatic rings. The molecule has 0 atom stereocenters. The molecule has 0 saturated carbocycles. The smallest absolute Gasteiger partial charge is 0.203 e. The quantitative estimate of drug-likeness (QED) is 0.635. The number of aromatic nitrogens is 2. The minimum Gasteiger partial charge on any atom is -1.00 e. The number of halogens is 1. The normalized spacial score (nSPS) is 8.90. The maximum absolute atomic E-state index is 5.35. The number of hydrogen-bond acceptors (Lipinski definition) is 4. The Hall–Kier alpha value is -0.160. The van der Waals surface area contributed by atoms with Gasteiger partial charge in [0.25, 0.3) is 0 Å². The molecule has 1 heterocycles. The van der Waals surface area contributed by atoms with Crippen LogP contribution in [0.15, 0.2) is 0 Å². The van der Waals surface area contributed by atoms with Crippen molar-refractivity contribution in [2.24, 2.45) is 0 Å². The highest BCUT2D eigenvalue weighted by atomic mass is 79.9. The molecular formula is C5H9BrN3S-. The van der Waals surface area contributed by atoms with Gasteiger partial charge in [0.2, 0.25) is 5.13 Å². The van der Waals surface area contributed by atoms with E-state index < -0.39 is 0 Å². The summed E-state index contributed by atoms with van der Waals surface area (Å²) in [5.41, 5.74) is 5.35. The van der Waals surface area contributed by atoms with Crippen LogP contribution in [-0.4, -0.2) is 10.2 Å². The summed E-state index contributed by atoms with van der Waals surface area (Å²) >= 11 is 1.47. The first-order valence-corrected chi connectivity index (χ1v) is 3.72. The van der Waals surface area contributed by atoms with E-state index in [1.807, 2.05) is 0 Å². The van der Waals surface area contributed by atoms with Crippen LogP contribution in [0.5, 0.6) is 0 Å². The zero-order valence-electron chi connectivity index (χ0n) is 5.67. The van der Waals surface area contributed by atoms with E-state index in [2.05, 4.69) is 17.1 Å². The predicted octanol–water partition coefficient (Wildman–Crippen LogP) is -1.92. The molecule has 0 fully saturated rings. The van der Waals surface area contributed by atoms with E-state index in [0.29, 0.717) is 5.13 Å². The second kappa shape index (κ2) is 4.62. The number of hydrogen-bond donors (Lipinski definition) is 1. The number of rotatable bonds is 2. The van der Waals surface area contributed by atoms with Gasteiger partial charge in [-0.15, -0.1) is 10.2 Å². The molecule has 3 nitrogen and oxygen atoms in total. The Labute approximate surface area is 74.4 Å². The summed E-state index contributed by atoms with van der Waals surface area (Å²) in [6, 6.07) is 0. The van der Waals surface area contributed by atoms with Gasteiger partial charge in [0.15, 0.2) is 0 Å². The van der Waals surface area contributed by atoms with Gasteiger partial charge in [-0.25, -0.2) is 0 Å². The van der Waals surface area contributed by atoms with Crippen molar-refractivity contribution in [2.45, 2.75) is 19.8 Å². The van der Waals surface area contributed by atoms with Gasteiger partial charge in [-0.1, -0.05) is 18.3 Å². The molecule has 0 bridgehead atoms. The molecule has 0 spiro atoms. The van der Waals surface area contributed by atoms with E-state index in [9.17, 15) is 0 Å². The molecule has 10 heavy (non-hydrogen) atoms. The molecule has 58 valence electrons. The lowest BCUT2D eigenvalue weighted by Gasteiger charge is -1.82. The first kappa shape index (κ1) is 9.84. The molecule has 0 saturated heterocycles. The van der Waals surface area contributed by atoms with Crippen molar-refractivity contribution in [2.75, 3.05) is 5.73 Å². The van der Waals surface area contributed by atoms with Crippen LogP contribution in [-0.2, 0) is 6.42 Å². The van der Waals surface area contributed by atoms with Gasteiger partial charge in [0.05, 0.1) is 0 Å². The van der Waals surface area contributed by atoms with Crippen LogP contribution < -0.4 is 22.7 Å². The average molecular weight is 223 g/mol. The van der Waals surface area contributed by atoms with Gasteiger partial charge < -0.3 is 22.7 Å². The molecule has 1 rings (SSSR count). The van der Waals surface area contributed by atoms with E-state index in [1.54, 1.807) is 0 Å². The highest BCUT2D eigenvalue weighted by Gasteiger charge is 1.96. The van der Waals surface area contributed by atoms with E-state index in [4.69, 9.17) is 5.73 Å². The second-order valence-electron chi connectivity index (χ2n) is 1.78. The van der Waals surface area contributed by atoms with Crippen molar-refractivity contribution in [1.82, 2.24) is 10.2 Å². The van der Waals surface area contributed by atoms with Crippen LogP contribution in [0.1, 0.15) is 18.4 Å². The van der Waals surface area contributed by atoms with Gasteiger partial charge in [-0.3, -0.25) is 0 Å². The second-order valence-corrected chi connectivity index (χ2v) is 2.88. The lowest BCUT2D eigenvalue weighted by atomic mass is 10.4. The van der Waals surface area contributed by atoms with Crippen LogP contribution >= 0.6 is 11.3 Å². The van der Waals surface area contributed by atoms with Gasteiger partial charge >= 0.3 is 0 Å². The molecule has 0 aliphatic carbocycles. The first-order chi connectivity index (χ1) is 4.33. The van der Waals surface area contributed by atoms with E-state index in [0.717, 1.165) is 17.8 Å². The zero-order chi connectivity index (χ0) is 6.69. The Morgan fingerprint density at radius 1 is 1.50 bits per heavy atom. The molecule has 1 aromatic heterocycles. The van der Waals surface area contributed by atoms with E-state index in [-0.39, 0.29) is 17.0 Å². The maximum atomic E-state index is 5.35. The van der Waals surface area contributed by atoms with Crippen LogP contribution in [0.3, 0.4) is 0 Å². The first-order valence-electron chi connectivity index (χ1n) is 2.90. The summed E-state index contributed by atoms with van der Waals surface area (Å²) in [6.07, 6.45) is 2.10. The fourth-order valence-electron chi connectivity index (χ4n) is 0.581. The van der Waals surface area contributed by atoms with E-state index in [1.165, 1.54) is 11.3 Å². The molecule has 0 amide bonds. The third-order valence-corrected chi connectivity index (χ3v) is 1.76. The summed E-state index contributed by atoms with van der Waals surface area (Å²) in [6.45, 7) is 2.11. The topological polar surface area (TPSA) is 51.8 Å². The molecular weight excluding hydrogens is 214 g/mol. The molecule has 0 aliphatic heterocycles. The molecule has 0 aromatic carbocycles. The largest absolute Gasteiger partial charge is 1.00 e. The fourth-order valence-corrected chi connectivity index (χ4v) is 1.29. The Balaban J connectivity index is 0.000000810. The SMILES string of the molecule is CCCc1nnc(N)s1.[Br-]. The van der Waals surface area contributed by atoms with Crippen LogP contribution in [0, 0.1) is 0 Å². The minimum atomic E-state index is 0. The number of aryl methyl sites for hydroxylation is 1. The fraction of sp³-hybridized carbons (Fsp3) is 0.600. The lowest BCUT2D eigenvalue weighted by Crippen LogP contribution is -3.00. The molecule has 0 aliphatic rings. The van der Waals surface area contributed by atoms with Crippen molar-refractivity contribution >= 4 is 16.5 Å². The highest BCUT2D eigenvalue weighted by Crippen LogP contribution is 2.11. The summed E-state index contributed by atoms with van der Waals surface area (Å²) in [7, 11) is 0. The van der Waals surface area contributed by atoms with Gasteiger partial charge in [0, 0.05) is 6.42 Å². The van der Waals surface area contributed by atoms with Crippen molar-refractivity contribution in [1.29, 1.82) is 0 Å². The highest BCUT2D eigenvalue weighted by molar-refractivity contribution is 7.15. The molecule has 0 radical (unpaired) electrons. The lowest BCUT2D eigenvalue weighted by molar-refractivity contribution is -0.00000203. The van der Waals surface area contributed by atoms with Crippen LogP contribution in [0.4, 0.5) is 5.13 Å². The van der Waals surface area contributed by atoms with Crippen LogP contribution in [0.25, 0.3) is 0 Å². The maximum Gasteiger partial charge on any atom is 0.203 e. The van der Waals surface area contributed by atoms with E-state index >= 15 is 0 Å². The number of nitrogen functional groups attached to an aromatic ring is 1.